The maximum absolute atomic E-state index is 14.5. The number of carbonyl (C=O) groups is 1. The Morgan fingerprint density at radius 1 is 1.21 bits per heavy atom. The summed E-state index contributed by atoms with van der Waals surface area (Å²) < 4.78 is 14.5. The molecule has 1 saturated carbocycles. The van der Waals surface area contributed by atoms with Crippen LogP contribution in [0.2, 0.25) is 5.02 Å². The number of aryl methyl sites for hydroxylation is 2. The highest BCUT2D eigenvalue weighted by atomic mass is 35.5. The van der Waals surface area contributed by atoms with E-state index in [0.29, 0.717) is 52.1 Å². The first-order valence-electron chi connectivity index (χ1n) is 10.7. The Labute approximate surface area is 199 Å². The molecule has 1 amide bonds. The summed E-state index contributed by atoms with van der Waals surface area (Å²) in [6.07, 6.45) is 3.56. The van der Waals surface area contributed by atoms with Gasteiger partial charge in [-0.25, -0.2) is 24.3 Å². The van der Waals surface area contributed by atoms with Gasteiger partial charge in [-0.05, 0) is 50.1 Å². The number of amides is 1. The lowest BCUT2D eigenvalue weighted by atomic mass is 9.97. The third kappa shape index (κ3) is 3.92. The van der Waals surface area contributed by atoms with Crippen molar-refractivity contribution in [2.24, 2.45) is 5.73 Å². The summed E-state index contributed by atoms with van der Waals surface area (Å²) in [7, 11) is 0. The van der Waals surface area contributed by atoms with Gasteiger partial charge in [0.15, 0.2) is 0 Å². The van der Waals surface area contributed by atoms with Crippen LogP contribution in [0.5, 0.6) is 0 Å². The fourth-order valence-electron chi connectivity index (χ4n) is 4.31. The predicted octanol–water partition coefficient (Wildman–Crippen LogP) is 3.75. The van der Waals surface area contributed by atoms with Crippen LogP contribution in [0.3, 0.4) is 0 Å². The lowest BCUT2D eigenvalue weighted by molar-refractivity contribution is -0.120. The van der Waals surface area contributed by atoms with Crippen LogP contribution < -0.4 is 11.1 Å². The third-order valence-corrected chi connectivity index (χ3v) is 6.26. The van der Waals surface area contributed by atoms with Crippen molar-refractivity contribution in [3.8, 4) is 0 Å². The van der Waals surface area contributed by atoms with Gasteiger partial charge in [0, 0.05) is 42.0 Å². The van der Waals surface area contributed by atoms with Crippen molar-refractivity contribution >= 4 is 34.2 Å². The van der Waals surface area contributed by atoms with Crippen LogP contribution in [0.4, 0.5) is 10.2 Å². The second-order valence-electron chi connectivity index (χ2n) is 8.49. The number of anilines is 1. The molecule has 1 aromatic carbocycles. The van der Waals surface area contributed by atoms with E-state index in [2.05, 4.69) is 30.2 Å². The molecule has 8 nitrogen and oxygen atoms in total. The highest BCUT2D eigenvalue weighted by molar-refractivity contribution is 6.31. The molecule has 172 valence electrons. The van der Waals surface area contributed by atoms with Crippen molar-refractivity contribution in [3.63, 3.8) is 0 Å². The molecule has 10 heteroatoms. The van der Waals surface area contributed by atoms with Crippen LogP contribution in [-0.2, 0) is 16.8 Å². The standard InChI is InChI=1S/C24H21ClFN7O/c1-12-3-4-28-22(31-12)17-9-24(17,23(27)34)19-8-20(33-13(2)32-19)29-10-14-5-15-7-16(25)11-30-21(15)18(26)6-14/h3-8,11,17H,9-10H2,1-2H3,(H2,27,34)(H,29,32,33). The van der Waals surface area contributed by atoms with Gasteiger partial charge in [0.1, 0.15) is 34.2 Å². The van der Waals surface area contributed by atoms with Crippen LogP contribution in [-0.4, -0.2) is 30.8 Å². The maximum Gasteiger partial charge on any atom is 0.230 e. The fraction of sp³-hybridized carbons (Fsp3) is 0.250. The van der Waals surface area contributed by atoms with Gasteiger partial charge in [-0.15, -0.1) is 0 Å². The average Bonchev–Trinajstić information content (AvgIpc) is 3.55. The average molecular weight is 478 g/mol. The summed E-state index contributed by atoms with van der Waals surface area (Å²) in [4.78, 5) is 34.4. The van der Waals surface area contributed by atoms with E-state index < -0.39 is 17.1 Å². The SMILES string of the molecule is Cc1ccnc(C2CC2(C(N)=O)c2cc(NCc3cc(F)c4ncc(Cl)cc4c3)nc(C)n2)n1. The Balaban J connectivity index is 1.43. The molecule has 1 aliphatic carbocycles. The van der Waals surface area contributed by atoms with E-state index in [1.807, 2.05) is 13.0 Å². The minimum atomic E-state index is -0.991. The van der Waals surface area contributed by atoms with E-state index in [-0.39, 0.29) is 11.4 Å². The molecule has 3 N–H and O–H groups in total. The number of aromatic nitrogens is 5. The van der Waals surface area contributed by atoms with Gasteiger partial charge >= 0.3 is 0 Å². The predicted molar refractivity (Wildman–Crippen MR) is 126 cm³/mol. The van der Waals surface area contributed by atoms with E-state index in [0.717, 1.165) is 5.69 Å². The zero-order chi connectivity index (χ0) is 24.0. The Morgan fingerprint density at radius 2 is 2.03 bits per heavy atom. The van der Waals surface area contributed by atoms with Gasteiger partial charge in [-0.3, -0.25) is 9.78 Å². The number of nitrogens with one attached hydrogen (secondary N) is 1. The Kier molecular flexibility index (Phi) is 5.36. The summed E-state index contributed by atoms with van der Waals surface area (Å²) in [6, 6.07) is 8.41. The largest absolute Gasteiger partial charge is 0.369 e. The molecule has 1 fully saturated rings. The molecule has 0 saturated heterocycles. The van der Waals surface area contributed by atoms with Crippen LogP contribution in [0.15, 0.2) is 42.7 Å². The van der Waals surface area contributed by atoms with E-state index in [4.69, 9.17) is 17.3 Å². The number of rotatable bonds is 6. The second-order valence-corrected chi connectivity index (χ2v) is 8.93. The lowest BCUT2D eigenvalue weighted by Gasteiger charge is -2.15. The number of primary amides is 1. The Morgan fingerprint density at radius 3 is 2.79 bits per heavy atom. The van der Waals surface area contributed by atoms with Gasteiger partial charge in [0.05, 0.1) is 10.7 Å². The Bertz CT molecular complexity index is 1450. The summed E-state index contributed by atoms with van der Waals surface area (Å²) in [6.45, 7) is 3.91. The molecule has 1 aliphatic rings. The molecular formula is C24H21ClFN7O. The molecule has 0 radical (unpaired) electrons. The lowest BCUT2D eigenvalue weighted by Crippen LogP contribution is -2.32. The molecule has 0 bridgehead atoms. The number of benzene rings is 1. The van der Waals surface area contributed by atoms with Crippen molar-refractivity contribution in [2.45, 2.75) is 38.1 Å². The van der Waals surface area contributed by atoms with E-state index in [9.17, 15) is 9.18 Å². The first kappa shape index (κ1) is 22.1. The highest BCUT2D eigenvalue weighted by Crippen LogP contribution is 2.59. The fourth-order valence-corrected chi connectivity index (χ4v) is 4.48. The summed E-state index contributed by atoms with van der Waals surface area (Å²) in [5, 5.41) is 4.24. The second kappa shape index (κ2) is 8.25. The van der Waals surface area contributed by atoms with E-state index >= 15 is 0 Å². The van der Waals surface area contributed by atoms with Gasteiger partial charge < -0.3 is 11.1 Å². The normalized spacial score (nSPS) is 19.2. The quantitative estimate of drug-likeness (QED) is 0.434. The Hall–Kier alpha value is -3.72. The van der Waals surface area contributed by atoms with Crippen molar-refractivity contribution < 1.29 is 9.18 Å². The van der Waals surface area contributed by atoms with Gasteiger partial charge in [0.2, 0.25) is 5.91 Å². The minimum absolute atomic E-state index is 0.251. The van der Waals surface area contributed by atoms with Crippen LogP contribution in [0.25, 0.3) is 10.9 Å². The topological polar surface area (TPSA) is 120 Å². The number of nitrogens with two attached hydrogens (primary N) is 1. The number of fused-ring (bicyclic) bond motifs is 1. The molecule has 5 rings (SSSR count). The zero-order valence-corrected chi connectivity index (χ0v) is 19.3. The molecule has 3 heterocycles. The van der Waals surface area contributed by atoms with Gasteiger partial charge in [-0.2, -0.15) is 0 Å². The third-order valence-electron chi connectivity index (χ3n) is 6.06. The van der Waals surface area contributed by atoms with Crippen molar-refractivity contribution in [1.82, 2.24) is 24.9 Å². The molecule has 2 unspecified atom stereocenters. The maximum atomic E-state index is 14.5. The number of hydrogen-bond donors (Lipinski definition) is 2. The molecular weight excluding hydrogens is 457 g/mol. The van der Waals surface area contributed by atoms with Crippen LogP contribution >= 0.6 is 11.6 Å². The molecule has 2 atom stereocenters. The summed E-state index contributed by atoms with van der Waals surface area (Å²) in [5.41, 5.74) is 7.14. The molecule has 0 spiro atoms. The van der Waals surface area contributed by atoms with Crippen molar-refractivity contribution in [2.75, 3.05) is 5.32 Å². The molecule has 34 heavy (non-hydrogen) atoms. The summed E-state index contributed by atoms with van der Waals surface area (Å²) >= 11 is 6.01. The van der Waals surface area contributed by atoms with E-state index in [1.165, 1.54) is 12.3 Å². The highest BCUT2D eigenvalue weighted by Gasteiger charge is 2.63. The zero-order valence-electron chi connectivity index (χ0n) is 18.5. The molecule has 4 aromatic rings. The first-order chi connectivity index (χ1) is 16.3. The molecule has 3 aromatic heterocycles. The minimum Gasteiger partial charge on any atom is -0.369 e. The number of hydrogen-bond acceptors (Lipinski definition) is 7. The number of nitrogens with zero attached hydrogens (tertiary/aromatic N) is 5. The summed E-state index contributed by atoms with van der Waals surface area (Å²) in [5.74, 6) is 0.396. The number of carbonyl (C=O) groups excluding carboxylic acids is 1. The molecule has 0 aliphatic heterocycles. The smallest absolute Gasteiger partial charge is 0.230 e. The first-order valence-corrected chi connectivity index (χ1v) is 11.1. The number of halogens is 2. The van der Waals surface area contributed by atoms with Crippen LogP contribution in [0, 0.1) is 19.7 Å². The van der Waals surface area contributed by atoms with Gasteiger partial charge in [0.25, 0.3) is 0 Å². The van der Waals surface area contributed by atoms with Gasteiger partial charge in [-0.1, -0.05) is 11.6 Å². The monoisotopic (exact) mass is 477 g/mol. The van der Waals surface area contributed by atoms with Crippen LogP contribution in [0.1, 0.15) is 40.9 Å². The van der Waals surface area contributed by atoms with Crippen molar-refractivity contribution in [1.29, 1.82) is 0 Å². The van der Waals surface area contributed by atoms with E-state index in [1.54, 1.807) is 31.3 Å². The number of pyridine rings is 1. The van der Waals surface area contributed by atoms with Crippen molar-refractivity contribution in [3.05, 3.63) is 82.2 Å².